The van der Waals surface area contributed by atoms with Crippen LogP contribution < -0.4 is 5.32 Å². The molecule has 1 amide bonds. The molecule has 0 aliphatic carbocycles. The third kappa shape index (κ3) is 4.41. The van der Waals surface area contributed by atoms with E-state index in [9.17, 15) is 13.2 Å². The van der Waals surface area contributed by atoms with Gasteiger partial charge in [-0.2, -0.15) is 8.42 Å². The summed E-state index contributed by atoms with van der Waals surface area (Å²) < 4.78 is 26.3. The van der Waals surface area contributed by atoms with Crippen LogP contribution in [-0.4, -0.2) is 20.6 Å². The molecular formula is C10H13NO4S. The second-order valence-electron chi connectivity index (χ2n) is 3.30. The smallest absolute Gasteiger partial charge is 0.264 e. The highest BCUT2D eigenvalue weighted by Crippen LogP contribution is 2.16. The fourth-order valence-corrected chi connectivity index (χ4v) is 1.47. The van der Waals surface area contributed by atoms with E-state index in [1.54, 1.807) is 24.3 Å². The number of rotatable bonds is 4. The van der Waals surface area contributed by atoms with E-state index in [2.05, 4.69) is 9.50 Å². The molecule has 6 heteroatoms. The van der Waals surface area contributed by atoms with E-state index in [-0.39, 0.29) is 12.5 Å². The van der Waals surface area contributed by atoms with E-state index >= 15 is 0 Å². The van der Waals surface area contributed by atoms with E-state index < -0.39 is 10.1 Å². The van der Waals surface area contributed by atoms with Gasteiger partial charge in [-0.05, 0) is 6.07 Å². The Hall–Kier alpha value is -1.40. The number of nitrogens with one attached hydrogen (secondary N) is 1. The normalized spacial score (nSPS) is 11.1. The van der Waals surface area contributed by atoms with Crippen molar-refractivity contribution in [3.8, 4) is 0 Å². The van der Waals surface area contributed by atoms with Gasteiger partial charge < -0.3 is 5.32 Å². The fraction of sp³-hybridized carbons (Fsp3) is 0.300. The Morgan fingerprint density at radius 3 is 2.56 bits per heavy atom. The molecule has 0 atom stereocenters. The maximum Gasteiger partial charge on any atom is 0.264 e. The molecule has 0 aliphatic rings. The molecule has 0 spiro atoms. The van der Waals surface area contributed by atoms with Gasteiger partial charge in [0.1, 0.15) is 0 Å². The van der Waals surface area contributed by atoms with Crippen molar-refractivity contribution in [1.82, 2.24) is 0 Å². The summed E-state index contributed by atoms with van der Waals surface area (Å²) in [5.74, 6) is -0.216. The van der Waals surface area contributed by atoms with Crippen molar-refractivity contribution in [1.29, 1.82) is 0 Å². The number of benzene rings is 1. The first-order valence-electron chi connectivity index (χ1n) is 4.58. The molecule has 1 rings (SSSR count). The van der Waals surface area contributed by atoms with Crippen LogP contribution in [0.4, 0.5) is 5.69 Å². The van der Waals surface area contributed by atoms with E-state index in [1.165, 1.54) is 6.92 Å². The summed E-state index contributed by atoms with van der Waals surface area (Å²) in [5.41, 5.74) is 1.17. The minimum Gasteiger partial charge on any atom is -0.326 e. The number of carbonyl (C=O) groups is 1. The molecule has 0 aromatic heterocycles. The molecule has 0 unspecified atom stereocenters. The first kappa shape index (κ1) is 12.7. The minimum absolute atomic E-state index is 0.0880. The van der Waals surface area contributed by atoms with Gasteiger partial charge in [0.15, 0.2) is 0 Å². The van der Waals surface area contributed by atoms with Crippen molar-refractivity contribution in [2.75, 3.05) is 11.6 Å². The van der Waals surface area contributed by atoms with Crippen LogP contribution in [0.25, 0.3) is 0 Å². The zero-order valence-corrected chi connectivity index (χ0v) is 9.87. The Labute approximate surface area is 94.6 Å². The Morgan fingerprint density at radius 2 is 2.00 bits per heavy atom. The van der Waals surface area contributed by atoms with Gasteiger partial charge in [-0.15, -0.1) is 0 Å². The van der Waals surface area contributed by atoms with Crippen LogP contribution in [-0.2, 0) is 25.7 Å². The highest BCUT2D eigenvalue weighted by Gasteiger charge is 2.07. The standard InChI is InChI=1S/C10H13NO4S/c1-8(12)11-10-6-4-3-5-9(10)7-15-16(2,13)14/h3-6H,7H2,1-2H3,(H,11,12). The molecule has 1 aromatic rings. The van der Waals surface area contributed by atoms with Crippen molar-refractivity contribution in [3.63, 3.8) is 0 Å². The number of hydrogen-bond acceptors (Lipinski definition) is 4. The SMILES string of the molecule is CC(=O)Nc1ccccc1COS(C)(=O)=O. The molecule has 0 bridgehead atoms. The monoisotopic (exact) mass is 243 g/mol. The van der Waals surface area contributed by atoms with E-state index in [1.807, 2.05) is 0 Å². The average Bonchev–Trinajstić information content (AvgIpc) is 2.14. The van der Waals surface area contributed by atoms with Gasteiger partial charge in [0, 0.05) is 18.2 Å². The first-order chi connectivity index (χ1) is 7.38. The van der Waals surface area contributed by atoms with Crippen LogP contribution in [0.15, 0.2) is 24.3 Å². The Kier molecular flexibility index (Phi) is 4.03. The van der Waals surface area contributed by atoms with E-state index in [0.717, 1.165) is 6.26 Å². The van der Waals surface area contributed by atoms with Crippen molar-refractivity contribution < 1.29 is 17.4 Å². The highest BCUT2D eigenvalue weighted by atomic mass is 32.2. The van der Waals surface area contributed by atoms with Crippen molar-refractivity contribution in [2.45, 2.75) is 13.5 Å². The van der Waals surface area contributed by atoms with E-state index in [4.69, 9.17) is 0 Å². The molecule has 0 heterocycles. The largest absolute Gasteiger partial charge is 0.326 e. The number of para-hydroxylation sites is 1. The lowest BCUT2D eigenvalue weighted by Crippen LogP contribution is -2.10. The van der Waals surface area contributed by atoms with Crippen LogP contribution in [0.1, 0.15) is 12.5 Å². The molecule has 88 valence electrons. The highest BCUT2D eigenvalue weighted by molar-refractivity contribution is 7.85. The minimum atomic E-state index is -3.48. The fourth-order valence-electron chi connectivity index (χ4n) is 1.13. The summed E-state index contributed by atoms with van der Waals surface area (Å²) in [6, 6.07) is 6.86. The lowest BCUT2D eigenvalue weighted by atomic mass is 10.2. The second-order valence-corrected chi connectivity index (χ2v) is 4.95. The molecule has 1 N–H and O–H groups in total. The van der Waals surface area contributed by atoms with Gasteiger partial charge in [-0.1, -0.05) is 18.2 Å². The zero-order chi connectivity index (χ0) is 12.2. The molecule has 0 saturated heterocycles. The predicted octanol–water partition coefficient (Wildman–Crippen LogP) is 1.12. The van der Waals surface area contributed by atoms with Crippen molar-refractivity contribution in [3.05, 3.63) is 29.8 Å². The maximum absolute atomic E-state index is 10.9. The molecule has 0 saturated carbocycles. The summed E-state index contributed by atoms with van der Waals surface area (Å²) in [4.78, 5) is 10.9. The summed E-state index contributed by atoms with van der Waals surface area (Å²) in [6.45, 7) is 1.30. The molecule has 1 aromatic carbocycles. The molecule has 0 radical (unpaired) electrons. The number of carbonyl (C=O) groups excluding carboxylic acids is 1. The lowest BCUT2D eigenvalue weighted by Gasteiger charge is -2.08. The van der Waals surface area contributed by atoms with Gasteiger partial charge in [0.2, 0.25) is 5.91 Å². The van der Waals surface area contributed by atoms with Gasteiger partial charge in [0.25, 0.3) is 10.1 Å². The summed E-state index contributed by atoms with van der Waals surface area (Å²) >= 11 is 0. The predicted molar refractivity (Wildman–Crippen MR) is 60.4 cm³/mol. The molecule has 0 fully saturated rings. The Bertz CT molecular complexity index is 481. The molecule has 16 heavy (non-hydrogen) atoms. The van der Waals surface area contributed by atoms with Gasteiger partial charge in [-0.25, -0.2) is 0 Å². The summed E-state index contributed by atoms with van der Waals surface area (Å²) in [7, 11) is -3.48. The molecular weight excluding hydrogens is 230 g/mol. The van der Waals surface area contributed by atoms with Crippen molar-refractivity contribution in [2.24, 2.45) is 0 Å². The molecule has 0 aliphatic heterocycles. The number of amides is 1. The number of hydrogen-bond donors (Lipinski definition) is 1. The zero-order valence-electron chi connectivity index (χ0n) is 9.06. The van der Waals surface area contributed by atoms with Crippen LogP contribution in [0.5, 0.6) is 0 Å². The molecule has 5 nitrogen and oxygen atoms in total. The second kappa shape index (κ2) is 5.09. The first-order valence-corrected chi connectivity index (χ1v) is 6.40. The topological polar surface area (TPSA) is 72.5 Å². The van der Waals surface area contributed by atoms with Crippen LogP contribution in [0.3, 0.4) is 0 Å². The van der Waals surface area contributed by atoms with E-state index in [0.29, 0.717) is 11.3 Å². The summed E-state index contributed by atoms with van der Waals surface area (Å²) in [6.07, 6.45) is 0.980. The quantitative estimate of drug-likeness (QED) is 0.804. The summed E-state index contributed by atoms with van der Waals surface area (Å²) in [5, 5.41) is 2.60. The Morgan fingerprint density at radius 1 is 1.38 bits per heavy atom. The maximum atomic E-state index is 10.9. The van der Waals surface area contributed by atoms with Crippen molar-refractivity contribution >= 4 is 21.7 Å². The third-order valence-electron chi connectivity index (χ3n) is 1.76. The number of anilines is 1. The van der Waals surface area contributed by atoms with Gasteiger partial charge in [0.05, 0.1) is 12.9 Å². The lowest BCUT2D eigenvalue weighted by molar-refractivity contribution is -0.114. The van der Waals surface area contributed by atoms with Crippen LogP contribution in [0, 0.1) is 0 Å². The average molecular weight is 243 g/mol. The van der Waals surface area contributed by atoms with Crippen LogP contribution >= 0.6 is 0 Å². The van der Waals surface area contributed by atoms with Gasteiger partial charge in [-0.3, -0.25) is 8.98 Å². The Balaban J connectivity index is 2.83. The van der Waals surface area contributed by atoms with Crippen LogP contribution in [0.2, 0.25) is 0 Å². The van der Waals surface area contributed by atoms with Gasteiger partial charge >= 0.3 is 0 Å². The third-order valence-corrected chi connectivity index (χ3v) is 2.30.